The number of carbonyl (C=O) groups is 2. The molecule has 1 rings (SSSR count). The van der Waals surface area contributed by atoms with Gasteiger partial charge in [0, 0.05) is 0 Å². The van der Waals surface area contributed by atoms with Crippen molar-refractivity contribution in [2.24, 2.45) is 0 Å². The van der Waals surface area contributed by atoms with Gasteiger partial charge in [0.15, 0.2) is 6.04 Å². The van der Waals surface area contributed by atoms with Crippen molar-refractivity contribution in [3.63, 3.8) is 0 Å². The molecule has 0 aromatic heterocycles. The smallest absolute Gasteiger partial charge is 0.330 e. The number of halogens is 1. The summed E-state index contributed by atoms with van der Waals surface area (Å²) in [6.07, 6.45) is 0.139. The van der Waals surface area contributed by atoms with Crippen LogP contribution in [0.4, 0.5) is 0 Å². The fourth-order valence-corrected chi connectivity index (χ4v) is 2.33. The van der Waals surface area contributed by atoms with E-state index in [9.17, 15) is 14.7 Å². The molecule has 1 amide bonds. The standard InChI is InChI=1S/C15H20BrNO5/c1-9(2)22-7-6-13(18)17-14(15(19)20)10-4-5-12(21-3)11(16)8-10/h4-5,8-9,14H,6-7H2,1-3H3,(H,17,18)(H,19,20). The molecule has 0 aliphatic rings. The van der Waals surface area contributed by atoms with Gasteiger partial charge in [-0.05, 0) is 47.5 Å². The van der Waals surface area contributed by atoms with Crippen molar-refractivity contribution in [2.45, 2.75) is 32.4 Å². The molecule has 0 saturated carbocycles. The summed E-state index contributed by atoms with van der Waals surface area (Å²) in [7, 11) is 1.52. The number of carboxylic acids is 1. The molecule has 0 heterocycles. The summed E-state index contributed by atoms with van der Waals surface area (Å²) >= 11 is 3.30. The monoisotopic (exact) mass is 373 g/mol. The SMILES string of the molecule is COc1ccc(C(NC(=O)CCOC(C)C)C(=O)O)cc1Br. The van der Waals surface area contributed by atoms with Crippen LogP contribution in [0.15, 0.2) is 22.7 Å². The van der Waals surface area contributed by atoms with Crippen molar-refractivity contribution in [3.05, 3.63) is 28.2 Å². The molecule has 0 spiro atoms. The summed E-state index contributed by atoms with van der Waals surface area (Å²) in [6.45, 7) is 3.99. The average molecular weight is 374 g/mol. The molecule has 1 unspecified atom stereocenters. The second-order valence-corrected chi connectivity index (χ2v) is 5.76. The topological polar surface area (TPSA) is 84.9 Å². The zero-order valence-corrected chi connectivity index (χ0v) is 14.3. The molecule has 0 saturated heterocycles. The molecule has 6 nitrogen and oxygen atoms in total. The lowest BCUT2D eigenvalue weighted by atomic mass is 10.1. The van der Waals surface area contributed by atoms with E-state index in [1.807, 2.05) is 13.8 Å². The Morgan fingerprint density at radius 1 is 1.36 bits per heavy atom. The lowest BCUT2D eigenvalue weighted by molar-refractivity contribution is -0.142. The molecule has 1 aromatic carbocycles. The van der Waals surface area contributed by atoms with Gasteiger partial charge in [-0.15, -0.1) is 0 Å². The Hall–Kier alpha value is -1.60. The maximum atomic E-state index is 11.8. The molecule has 2 N–H and O–H groups in total. The minimum absolute atomic E-state index is 0.0283. The number of aliphatic carboxylic acids is 1. The molecular formula is C15H20BrNO5. The highest BCUT2D eigenvalue weighted by Crippen LogP contribution is 2.28. The van der Waals surface area contributed by atoms with E-state index in [2.05, 4.69) is 21.2 Å². The van der Waals surface area contributed by atoms with Crippen LogP contribution in [0.3, 0.4) is 0 Å². The second-order valence-electron chi connectivity index (χ2n) is 4.90. The fourth-order valence-electron chi connectivity index (χ4n) is 1.77. The van der Waals surface area contributed by atoms with Gasteiger partial charge in [0.1, 0.15) is 5.75 Å². The third-order valence-electron chi connectivity index (χ3n) is 2.84. The molecular weight excluding hydrogens is 354 g/mol. The maximum absolute atomic E-state index is 11.8. The van der Waals surface area contributed by atoms with Crippen LogP contribution in [0.25, 0.3) is 0 Å². The summed E-state index contributed by atoms with van der Waals surface area (Å²) in [5.41, 5.74) is 0.457. The lowest BCUT2D eigenvalue weighted by Crippen LogP contribution is -2.34. The quantitative estimate of drug-likeness (QED) is 0.731. The molecule has 22 heavy (non-hydrogen) atoms. The van der Waals surface area contributed by atoms with Crippen LogP contribution in [0.1, 0.15) is 31.9 Å². The Morgan fingerprint density at radius 3 is 2.55 bits per heavy atom. The van der Waals surface area contributed by atoms with Gasteiger partial charge in [-0.1, -0.05) is 6.07 Å². The number of ether oxygens (including phenoxy) is 2. The van der Waals surface area contributed by atoms with Crippen LogP contribution in [-0.2, 0) is 14.3 Å². The number of carboxylic acid groups (broad SMARTS) is 1. The first-order valence-corrected chi connectivity index (χ1v) is 7.61. The van der Waals surface area contributed by atoms with Crippen molar-refractivity contribution in [1.82, 2.24) is 5.32 Å². The van der Waals surface area contributed by atoms with Crippen molar-refractivity contribution >= 4 is 27.8 Å². The van der Waals surface area contributed by atoms with Crippen molar-refractivity contribution in [1.29, 1.82) is 0 Å². The van der Waals surface area contributed by atoms with Gasteiger partial charge in [-0.2, -0.15) is 0 Å². The Morgan fingerprint density at radius 2 is 2.05 bits per heavy atom. The molecule has 0 aliphatic carbocycles. The number of benzene rings is 1. The first-order chi connectivity index (χ1) is 10.3. The normalized spacial score (nSPS) is 12.0. The summed E-state index contributed by atoms with van der Waals surface area (Å²) < 4.78 is 11.0. The van der Waals surface area contributed by atoms with E-state index < -0.39 is 12.0 Å². The summed E-state index contributed by atoms with van der Waals surface area (Å²) in [4.78, 5) is 23.2. The highest BCUT2D eigenvalue weighted by Gasteiger charge is 2.22. The number of methoxy groups -OCH3 is 1. The molecule has 7 heteroatoms. The number of hydrogen-bond acceptors (Lipinski definition) is 4. The first-order valence-electron chi connectivity index (χ1n) is 6.82. The Kier molecular flexibility index (Phi) is 7.34. The predicted octanol–water partition coefficient (Wildman–Crippen LogP) is 2.51. The van der Waals surface area contributed by atoms with E-state index in [4.69, 9.17) is 9.47 Å². The van der Waals surface area contributed by atoms with Crippen molar-refractivity contribution < 1.29 is 24.2 Å². The Balaban J connectivity index is 2.75. The van der Waals surface area contributed by atoms with Crippen LogP contribution in [0.2, 0.25) is 0 Å². The fraction of sp³-hybridized carbons (Fsp3) is 0.467. The average Bonchev–Trinajstić information content (AvgIpc) is 2.44. The minimum atomic E-state index is -1.13. The van der Waals surface area contributed by atoms with Crippen LogP contribution < -0.4 is 10.1 Å². The molecule has 0 aliphatic heterocycles. The Labute approximate surface area is 137 Å². The Bertz CT molecular complexity index is 533. The highest BCUT2D eigenvalue weighted by molar-refractivity contribution is 9.10. The zero-order valence-electron chi connectivity index (χ0n) is 12.8. The minimum Gasteiger partial charge on any atom is -0.496 e. The van der Waals surface area contributed by atoms with E-state index in [-0.39, 0.29) is 25.0 Å². The van der Waals surface area contributed by atoms with Gasteiger partial charge in [0.05, 0.1) is 30.7 Å². The van der Waals surface area contributed by atoms with Gasteiger partial charge in [0.2, 0.25) is 5.91 Å². The van der Waals surface area contributed by atoms with Gasteiger partial charge in [-0.25, -0.2) is 4.79 Å². The van der Waals surface area contributed by atoms with Crippen molar-refractivity contribution in [2.75, 3.05) is 13.7 Å². The van der Waals surface area contributed by atoms with E-state index >= 15 is 0 Å². The second kappa shape index (κ2) is 8.75. The molecule has 1 atom stereocenters. The van der Waals surface area contributed by atoms with Crippen LogP contribution in [0.5, 0.6) is 5.75 Å². The van der Waals surface area contributed by atoms with E-state index in [0.717, 1.165) is 0 Å². The van der Waals surface area contributed by atoms with Crippen LogP contribution in [0, 0.1) is 0 Å². The third-order valence-corrected chi connectivity index (χ3v) is 3.46. The van der Waals surface area contributed by atoms with E-state index in [1.165, 1.54) is 7.11 Å². The van der Waals surface area contributed by atoms with Crippen LogP contribution in [-0.4, -0.2) is 36.8 Å². The van der Waals surface area contributed by atoms with E-state index in [1.54, 1.807) is 18.2 Å². The molecule has 0 fully saturated rings. The van der Waals surface area contributed by atoms with Crippen LogP contribution >= 0.6 is 15.9 Å². The molecule has 1 aromatic rings. The number of rotatable bonds is 8. The van der Waals surface area contributed by atoms with Gasteiger partial charge < -0.3 is 19.9 Å². The highest BCUT2D eigenvalue weighted by atomic mass is 79.9. The van der Waals surface area contributed by atoms with E-state index in [0.29, 0.717) is 15.8 Å². The number of nitrogens with one attached hydrogen (secondary N) is 1. The first kappa shape index (κ1) is 18.4. The maximum Gasteiger partial charge on any atom is 0.330 e. The number of hydrogen-bond donors (Lipinski definition) is 2. The lowest BCUT2D eigenvalue weighted by Gasteiger charge is -2.16. The largest absolute Gasteiger partial charge is 0.496 e. The summed E-state index contributed by atoms with van der Waals surface area (Å²) in [6, 6.07) is 3.74. The number of amides is 1. The van der Waals surface area contributed by atoms with Gasteiger partial charge in [0.25, 0.3) is 0 Å². The third kappa shape index (κ3) is 5.65. The van der Waals surface area contributed by atoms with Crippen molar-refractivity contribution in [3.8, 4) is 5.75 Å². The van der Waals surface area contributed by atoms with Gasteiger partial charge in [-0.3, -0.25) is 4.79 Å². The van der Waals surface area contributed by atoms with Gasteiger partial charge >= 0.3 is 5.97 Å². The molecule has 0 bridgehead atoms. The zero-order chi connectivity index (χ0) is 16.7. The molecule has 0 radical (unpaired) electrons. The number of carbonyl (C=O) groups excluding carboxylic acids is 1. The summed E-state index contributed by atoms with van der Waals surface area (Å²) in [5, 5.41) is 11.8. The summed E-state index contributed by atoms with van der Waals surface area (Å²) in [5.74, 6) is -0.917. The molecule has 122 valence electrons. The predicted molar refractivity (Wildman–Crippen MR) is 84.9 cm³/mol.